The van der Waals surface area contributed by atoms with Gasteiger partial charge in [-0.2, -0.15) is 0 Å². The van der Waals surface area contributed by atoms with Crippen LogP contribution in [0.2, 0.25) is 0 Å². The molecule has 0 unspecified atom stereocenters. The molecule has 0 radical (unpaired) electrons. The van der Waals surface area contributed by atoms with Crippen molar-refractivity contribution in [3.8, 4) is 0 Å². The molecule has 5 nitrogen and oxygen atoms in total. The fourth-order valence-electron chi connectivity index (χ4n) is 3.64. The average Bonchev–Trinajstić information content (AvgIpc) is 2.66. The Balaban J connectivity index is 2.39. The van der Waals surface area contributed by atoms with Crippen LogP contribution in [0.4, 0.5) is 5.69 Å². The third-order valence-electron chi connectivity index (χ3n) is 5.53. The summed E-state index contributed by atoms with van der Waals surface area (Å²) < 4.78 is 0. The number of anilines is 1. The topological polar surface area (TPSA) is 66.6 Å². The van der Waals surface area contributed by atoms with Gasteiger partial charge < -0.3 is 15.5 Å². The number of carbonyl (C=O) groups excluding carboxylic acids is 2. The SMILES string of the molecule is CC(C)C(=O)N1CCCCCCCN(C(=O)[C@H](N)C(C)C)Cc2ccccc21. The van der Waals surface area contributed by atoms with E-state index in [-0.39, 0.29) is 23.7 Å². The van der Waals surface area contributed by atoms with E-state index >= 15 is 0 Å². The molecule has 156 valence electrons. The lowest BCUT2D eigenvalue weighted by Gasteiger charge is -2.32. The molecule has 1 atom stereocenters. The fraction of sp³-hybridized carbons (Fsp3) is 0.652. The monoisotopic (exact) mass is 387 g/mol. The van der Waals surface area contributed by atoms with Gasteiger partial charge in [0.25, 0.3) is 0 Å². The zero-order valence-corrected chi connectivity index (χ0v) is 18.0. The second kappa shape index (κ2) is 10.6. The molecular weight excluding hydrogens is 350 g/mol. The predicted octanol–water partition coefficient (Wildman–Crippen LogP) is 3.95. The van der Waals surface area contributed by atoms with Crippen LogP contribution in [0.1, 0.15) is 65.4 Å². The van der Waals surface area contributed by atoms with Gasteiger partial charge in [-0.1, -0.05) is 65.2 Å². The maximum Gasteiger partial charge on any atom is 0.240 e. The second-order valence-corrected chi connectivity index (χ2v) is 8.57. The van der Waals surface area contributed by atoms with E-state index in [0.717, 1.165) is 49.9 Å². The molecule has 1 aliphatic heterocycles. The average molecular weight is 388 g/mol. The summed E-state index contributed by atoms with van der Waals surface area (Å²) in [7, 11) is 0. The number of nitrogens with two attached hydrogens (primary N) is 1. The summed E-state index contributed by atoms with van der Waals surface area (Å²) in [5.74, 6) is 0.182. The zero-order valence-electron chi connectivity index (χ0n) is 18.0. The van der Waals surface area contributed by atoms with Crippen LogP contribution in [0.25, 0.3) is 0 Å². The van der Waals surface area contributed by atoms with Crippen LogP contribution >= 0.6 is 0 Å². The molecule has 0 aromatic heterocycles. The molecule has 0 spiro atoms. The number of hydrogen-bond donors (Lipinski definition) is 1. The van der Waals surface area contributed by atoms with Gasteiger partial charge in [0.15, 0.2) is 0 Å². The second-order valence-electron chi connectivity index (χ2n) is 8.57. The molecule has 2 rings (SSSR count). The Kier molecular flexibility index (Phi) is 8.49. The van der Waals surface area contributed by atoms with Crippen molar-refractivity contribution in [1.82, 2.24) is 4.90 Å². The first-order chi connectivity index (χ1) is 13.3. The maximum atomic E-state index is 13.0. The number of benzene rings is 1. The quantitative estimate of drug-likeness (QED) is 0.854. The maximum absolute atomic E-state index is 13.0. The molecule has 0 saturated heterocycles. The van der Waals surface area contributed by atoms with Gasteiger partial charge in [-0.15, -0.1) is 0 Å². The summed E-state index contributed by atoms with van der Waals surface area (Å²) >= 11 is 0. The zero-order chi connectivity index (χ0) is 20.7. The number of rotatable bonds is 3. The van der Waals surface area contributed by atoms with Crippen molar-refractivity contribution in [2.75, 3.05) is 18.0 Å². The van der Waals surface area contributed by atoms with Crippen molar-refractivity contribution in [2.45, 2.75) is 72.4 Å². The van der Waals surface area contributed by atoms with Crippen molar-refractivity contribution in [3.63, 3.8) is 0 Å². The van der Waals surface area contributed by atoms with E-state index in [4.69, 9.17) is 5.73 Å². The first-order valence-corrected chi connectivity index (χ1v) is 10.8. The number of fused-ring (bicyclic) bond motifs is 1. The molecular formula is C23H37N3O2. The molecule has 0 aliphatic carbocycles. The van der Waals surface area contributed by atoms with Crippen LogP contribution in [-0.2, 0) is 16.1 Å². The Morgan fingerprint density at radius 2 is 1.50 bits per heavy atom. The van der Waals surface area contributed by atoms with E-state index < -0.39 is 6.04 Å². The van der Waals surface area contributed by atoms with Crippen LogP contribution in [-0.4, -0.2) is 35.8 Å². The van der Waals surface area contributed by atoms with E-state index in [0.29, 0.717) is 13.1 Å². The van der Waals surface area contributed by atoms with E-state index in [1.54, 1.807) is 0 Å². The molecule has 0 bridgehead atoms. The molecule has 5 heteroatoms. The van der Waals surface area contributed by atoms with Gasteiger partial charge >= 0.3 is 0 Å². The molecule has 1 aromatic rings. The Hall–Kier alpha value is -1.88. The van der Waals surface area contributed by atoms with Crippen LogP contribution in [0.15, 0.2) is 24.3 Å². The van der Waals surface area contributed by atoms with Crippen molar-refractivity contribution in [2.24, 2.45) is 17.6 Å². The number of nitrogens with zero attached hydrogens (tertiary/aromatic N) is 2. The molecule has 0 saturated carbocycles. The molecule has 1 aromatic carbocycles. The number of para-hydroxylation sites is 1. The van der Waals surface area contributed by atoms with Gasteiger partial charge in [-0.05, 0) is 30.4 Å². The summed E-state index contributed by atoms with van der Waals surface area (Å²) in [5.41, 5.74) is 8.13. The lowest BCUT2D eigenvalue weighted by molar-refractivity contribution is -0.134. The predicted molar refractivity (Wildman–Crippen MR) is 115 cm³/mol. The Morgan fingerprint density at radius 1 is 0.893 bits per heavy atom. The minimum atomic E-state index is -0.492. The highest BCUT2D eigenvalue weighted by atomic mass is 16.2. The number of hydrogen-bond acceptors (Lipinski definition) is 3. The summed E-state index contributed by atoms with van der Waals surface area (Å²) in [6.45, 7) is 9.79. The first-order valence-electron chi connectivity index (χ1n) is 10.8. The van der Waals surface area contributed by atoms with Crippen molar-refractivity contribution < 1.29 is 9.59 Å². The standard InChI is InChI=1S/C23H37N3O2/c1-17(2)21(24)23(28)25-14-10-6-5-7-11-15-26(22(27)18(3)4)20-13-9-8-12-19(20)16-25/h8-9,12-13,17-18,21H,5-7,10-11,14-16,24H2,1-4H3/t21-/m1/s1. The van der Waals surface area contributed by atoms with E-state index in [1.165, 1.54) is 0 Å². The third-order valence-corrected chi connectivity index (χ3v) is 5.53. The van der Waals surface area contributed by atoms with Gasteiger partial charge in [-0.25, -0.2) is 0 Å². The van der Waals surface area contributed by atoms with Crippen molar-refractivity contribution in [1.29, 1.82) is 0 Å². The molecule has 28 heavy (non-hydrogen) atoms. The summed E-state index contributed by atoms with van der Waals surface area (Å²) in [4.78, 5) is 29.7. The summed E-state index contributed by atoms with van der Waals surface area (Å²) in [5, 5.41) is 0. The van der Waals surface area contributed by atoms with Gasteiger partial charge in [0.2, 0.25) is 11.8 Å². The lowest BCUT2D eigenvalue weighted by Crippen LogP contribution is -2.46. The third kappa shape index (κ3) is 5.81. The van der Waals surface area contributed by atoms with Crippen LogP contribution in [0.3, 0.4) is 0 Å². The van der Waals surface area contributed by atoms with Crippen molar-refractivity contribution in [3.05, 3.63) is 29.8 Å². The van der Waals surface area contributed by atoms with E-state index in [1.807, 2.05) is 61.8 Å². The van der Waals surface area contributed by atoms with Crippen LogP contribution < -0.4 is 10.6 Å². The lowest BCUT2D eigenvalue weighted by atomic mass is 10.0. The van der Waals surface area contributed by atoms with E-state index in [2.05, 4.69) is 0 Å². The largest absolute Gasteiger partial charge is 0.337 e. The minimum absolute atomic E-state index is 0.00333. The molecule has 2 amide bonds. The minimum Gasteiger partial charge on any atom is -0.337 e. The van der Waals surface area contributed by atoms with E-state index in [9.17, 15) is 9.59 Å². The number of carbonyl (C=O) groups is 2. The molecule has 1 aliphatic rings. The normalized spacial score (nSPS) is 17.7. The highest BCUT2D eigenvalue weighted by molar-refractivity contribution is 5.95. The first kappa shape index (κ1) is 22.4. The fourth-order valence-corrected chi connectivity index (χ4v) is 3.64. The highest BCUT2D eigenvalue weighted by Gasteiger charge is 2.26. The van der Waals surface area contributed by atoms with Crippen LogP contribution in [0, 0.1) is 11.8 Å². The van der Waals surface area contributed by atoms with Gasteiger partial charge in [0.05, 0.1) is 6.04 Å². The summed E-state index contributed by atoms with van der Waals surface area (Å²) in [6.07, 6.45) is 5.33. The molecule has 1 heterocycles. The van der Waals surface area contributed by atoms with Crippen molar-refractivity contribution >= 4 is 17.5 Å². The Bertz CT molecular complexity index is 657. The van der Waals surface area contributed by atoms with Crippen LogP contribution in [0.5, 0.6) is 0 Å². The van der Waals surface area contributed by atoms with Gasteiger partial charge in [0, 0.05) is 31.2 Å². The number of amides is 2. The van der Waals surface area contributed by atoms with Gasteiger partial charge in [-0.3, -0.25) is 9.59 Å². The smallest absolute Gasteiger partial charge is 0.240 e. The highest BCUT2D eigenvalue weighted by Crippen LogP contribution is 2.26. The Labute approximate surface area is 170 Å². The summed E-state index contributed by atoms with van der Waals surface area (Å²) in [6, 6.07) is 7.49. The Morgan fingerprint density at radius 3 is 2.14 bits per heavy atom. The molecule has 0 fully saturated rings. The van der Waals surface area contributed by atoms with Gasteiger partial charge in [0.1, 0.15) is 0 Å². The molecule has 2 N–H and O–H groups in total.